The number of rotatable bonds is 7. The molecule has 4 rings (SSSR count). The number of carbonyl (C=O) groups is 3. The number of anilines is 1. The van der Waals surface area contributed by atoms with Crippen molar-refractivity contribution in [1.29, 1.82) is 0 Å². The van der Waals surface area contributed by atoms with Gasteiger partial charge < -0.3 is 20.4 Å². The average molecular weight is 483 g/mol. The summed E-state index contributed by atoms with van der Waals surface area (Å²) in [5.41, 5.74) is 1.56. The fraction of sp³-hybridized carbons (Fsp3) is 0.679. The van der Waals surface area contributed by atoms with Crippen LogP contribution in [0.3, 0.4) is 0 Å². The zero-order chi connectivity index (χ0) is 25.3. The van der Waals surface area contributed by atoms with Gasteiger partial charge in [-0.25, -0.2) is 0 Å². The third-order valence-corrected chi connectivity index (χ3v) is 8.27. The zero-order valence-electron chi connectivity index (χ0n) is 22.0. The van der Waals surface area contributed by atoms with Gasteiger partial charge in [0, 0.05) is 36.8 Å². The monoisotopic (exact) mass is 482 g/mol. The summed E-state index contributed by atoms with van der Waals surface area (Å²) in [6.07, 6.45) is 4.83. The van der Waals surface area contributed by atoms with Crippen LogP contribution in [0.5, 0.6) is 0 Å². The lowest BCUT2D eigenvalue weighted by Crippen LogP contribution is -2.55. The third kappa shape index (κ3) is 5.11. The van der Waals surface area contributed by atoms with Gasteiger partial charge in [0.25, 0.3) is 0 Å². The van der Waals surface area contributed by atoms with E-state index >= 15 is 0 Å². The Labute approximate surface area is 210 Å². The molecule has 2 heterocycles. The van der Waals surface area contributed by atoms with Crippen molar-refractivity contribution < 1.29 is 14.4 Å². The van der Waals surface area contributed by atoms with Gasteiger partial charge in [-0.15, -0.1) is 0 Å². The Kier molecular flexibility index (Phi) is 7.55. The first kappa shape index (κ1) is 25.7. The van der Waals surface area contributed by atoms with Crippen molar-refractivity contribution in [2.45, 2.75) is 89.8 Å². The number of piperidine rings is 1. The first-order valence-electron chi connectivity index (χ1n) is 13.3. The normalized spacial score (nSPS) is 25.1. The molecule has 3 atom stereocenters. The molecule has 1 aliphatic carbocycles. The second-order valence-electron chi connectivity index (χ2n) is 11.6. The summed E-state index contributed by atoms with van der Waals surface area (Å²) in [5, 5.41) is 6.37. The summed E-state index contributed by atoms with van der Waals surface area (Å²) < 4.78 is 0. The molecule has 3 aliphatic rings. The largest absolute Gasteiger partial charge is 0.344 e. The average Bonchev–Trinajstić information content (AvgIpc) is 3.40. The van der Waals surface area contributed by atoms with E-state index in [0.29, 0.717) is 31.5 Å². The Balaban J connectivity index is 1.39. The van der Waals surface area contributed by atoms with Crippen molar-refractivity contribution in [3.63, 3.8) is 0 Å². The standard InChI is InChI=1S/C28H42N4O3/c1-18(2)16-23(30-25(33)19-10-11-20(17-19)29-5)26(34)31-14-12-21(13-15-31)32-24-9-7-6-8-22(24)28(3,4)27(32)35/h6-9,18-21,23,29H,10-17H2,1-5H3,(H,30,33)/t19-,20+,23-/m0/s1. The van der Waals surface area contributed by atoms with Crippen molar-refractivity contribution in [3.05, 3.63) is 29.8 Å². The molecule has 0 spiro atoms. The second-order valence-corrected chi connectivity index (χ2v) is 11.6. The number of likely N-dealkylation sites (tertiary alicyclic amines) is 1. The topological polar surface area (TPSA) is 81.8 Å². The van der Waals surface area contributed by atoms with Gasteiger partial charge in [0.1, 0.15) is 6.04 Å². The van der Waals surface area contributed by atoms with Crippen LogP contribution in [0.25, 0.3) is 0 Å². The smallest absolute Gasteiger partial charge is 0.245 e. The Morgan fingerprint density at radius 3 is 2.40 bits per heavy atom. The summed E-state index contributed by atoms with van der Waals surface area (Å²) in [6.45, 7) is 9.37. The van der Waals surface area contributed by atoms with Crippen LogP contribution in [0.1, 0.15) is 71.8 Å². The van der Waals surface area contributed by atoms with Crippen molar-refractivity contribution in [1.82, 2.24) is 15.5 Å². The number of amides is 3. The van der Waals surface area contributed by atoms with Crippen LogP contribution in [-0.4, -0.2) is 60.9 Å². The fourth-order valence-electron chi connectivity index (χ4n) is 6.13. The summed E-state index contributed by atoms with van der Waals surface area (Å²) >= 11 is 0. The van der Waals surface area contributed by atoms with Crippen LogP contribution >= 0.6 is 0 Å². The lowest BCUT2D eigenvalue weighted by Gasteiger charge is -2.39. The highest BCUT2D eigenvalue weighted by Gasteiger charge is 2.47. The van der Waals surface area contributed by atoms with E-state index < -0.39 is 11.5 Å². The van der Waals surface area contributed by atoms with Crippen LogP contribution in [0.4, 0.5) is 5.69 Å². The van der Waals surface area contributed by atoms with Crippen molar-refractivity contribution in [3.8, 4) is 0 Å². The molecule has 1 saturated heterocycles. The molecule has 0 radical (unpaired) electrons. The Bertz CT molecular complexity index is 951. The molecular weight excluding hydrogens is 440 g/mol. The van der Waals surface area contributed by atoms with Crippen LogP contribution in [-0.2, 0) is 19.8 Å². The van der Waals surface area contributed by atoms with Crippen molar-refractivity contribution >= 4 is 23.4 Å². The molecule has 7 heteroatoms. The molecule has 1 saturated carbocycles. The molecule has 2 fully saturated rings. The highest BCUT2D eigenvalue weighted by atomic mass is 16.2. The molecule has 1 aromatic rings. The van der Waals surface area contributed by atoms with E-state index in [1.54, 1.807) is 0 Å². The van der Waals surface area contributed by atoms with Crippen LogP contribution in [0, 0.1) is 11.8 Å². The maximum Gasteiger partial charge on any atom is 0.245 e. The molecule has 2 N–H and O–H groups in total. The van der Waals surface area contributed by atoms with Crippen molar-refractivity contribution in [2.75, 3.05) is 25.0 Å². The van der Waals surface area contributed by atoms with E-state index in [1.165, 1.54) is 0 Å². The first-order chi connectivity index (χ1) is 16.6. The van der Waals surface area contributed by atoms with Gasteiger partial charge in [-0.05, 0) is 77.0 Å². The molecule has 35 heavy (non-hydrogen) atoms. The molecule has 0 unspecified atom stereocenters. The summed E-state index contributed by atoms with van der Waals surface area (Å²) in [4.78, 5) is 43.7. The van der Waals surface area contributed by atoms with Gasteiger partial charge in [0.15, 0.2) is 0 Å². The van der Waals surface area contributed by atoms with E-state index in [4.69, 9.17) is 0 Å². The molecule has 192 valence electrons. The molecule has 7 nitrogen and oxygen atoms in total. The van der Waals surface area contributed by atoms with Gasteiger partial charge in [-0.2, -0.15) is 0 Å². The molecule has 2 aliphatic heterocycles. The number of nitrogens with one attached hydrogen (secondary N) is 2. The number of hydrogen-bond acceptors (Lipinski definition) is 4. The molecular formula is C28H42N4O3. The fourth-order valence-corrected chi connectivity index (χ4v) is 6.13. The maximum atomic E-state index is 13.5. The minimum atomic E-state index is -0.525. The maximum absolute atomic E-state index is 13.5. The van der Waals surface area contributed by atoms with Crippen LogP contribution < -0.4 is 15.5 Å². The highest BCUT2D eigenvalue weighted by molar-refractivity contribution is 6.08. The minimum Gasteiger partial charge on any atom is -0.344 e. The Hall–Kier alpha value is -2.41. The third-order valence-electron chi connectivity index (χ3n) is 8.27. The second kappa shape index (κ2) is 10.3. The molecule has 0 aromatic heterocycles. The van der Waals surface area contributed by atoms with Gasteiger partial charge in [-0.3, -0.25) is 14.4 Å². The van der Waals surface area contributed by atoms with E-state index in [9.17, 15) is 14.4 Å². The first-order valence-corrected chi connectivity index (χ1v) is 13.3. The number of nitrogens with zero attached hydrogens (tertiary/aromatic N) is 2. The van der Waals surface area contributed by atoms with E-state index in [2.05, 4.69) is 24.5 Å². The van der Waals surface area contributed by atoms with Gasteiger partial charge in [0.2, 0.25) is 17.7 Å². The highest BCUT2D eigenvalue weighted by Crippen LogP contribution is 2.43. The quantitative estimate of drug-likeness (QED) is 0.625. The lowest BCUT2D eigenvalue weighted by atomic mass is 9.86. The predicted molar refractivity (Wildman–Crippen MR) is 138 cm³/mol. The van der Waals surface area contributed by atoms with E-state index in [-0.39, 0.29) is 29.7 Å². The molecule has 1 aromatic carbocycles. The Morgan fingerprint density at radius 1 is 1.09 bits per heavy atom. The molecule has 0 bridgehead atoms. The summed E-state index contributed by atoms with van der Waals surface area (Å²) in [7, 11) is 1.94. The van der Waals surface area contributed by atoms with Gasteiger partial charge >= 0.3 is 0 Å². The van der Waals surface area contributed by atoms with Crippen LogP contribution in [0.15, 0.2) is 24.3 Å². The minimum absolute atomic E-state index is 0.0122. The summed E-state index contributed by atoms with van der Waals surface area (Å²) in [6, 6.07) is 8.05. The SMILES string of the molecule is CN[C@@H]1CC[C@H](C(=O)N[C@@H](CC(C)C)C(=O)N2CCC(N3C(=O)C(C)(C)c4ccccc43)CC2)C1. The number of carbonyl (C=O) groups excluding carboxylic acids is 3. The molecule has 3 amide bonds. The number of benzene rings is 1. The number of fused-ring (bicyclic) bond motifs is 1. The number of hydrogen-bond donors (Lipinski definition) is 2. The predicted octanol–water partition coefficient (Wildman–Crippen LogP) is 3.22. The van der Waals surface area contributed by atoms with E-state index in [1.807, 2.05) is 55.0 Å². The van der Waals surface area contributed by atoms with Crippen molar-refractivity contribution in [2.24, 2.45) is 11.8 Å². The lowest BCUT2D eigenvalue weighted by molar-refractivity contribution is -0.138. The van der Waals surface area contributed by atoms with Gasteiger partial charge in [0.05, 0.1) is 5.41 Å². The Morgan fingerprint density at radius 2 is 1.77 bits per heavy atom. The van der Waals surface area contributed by atoms with Gasteiger partial charge in [-0.1, -0.05) is 32.0 Å². The van der Waals surface area contributed by atoms with Crippen LogP contribution in [0.2, 0.25) is 0 Å². The zero-order valence-corrected chi connectivity index (χ0v) is 22.0. The summed E-state index contributed by atoms with van der Waals surface area (Å²) in [5.74, 6) is 0.451. The number of para-hydroxylation sites is 1. The van der Waals surface area contributed by atoms with E-state index in [0.717, 1.165) is 43.4 Å².